The number of nitrogens with zero attached hydrogens (tertiary/aromatic N) is 5. The monoisotopic (exact) mass is 728 g/mol. The van der Waals surface area contributed by atoms with E-state index in [1.54, 1.807) is 24.5 Å². The number of likely N-dealkylation sites (tertiary alicyclic amines) is 1. The summed E-state index contributed by atoms with van der Waals surface area (Å²) in [6.45, 7) is 13.7. The summed E-state index contributed by atoms with van der Waals surface area (Å²) >= 11 is 1.18. The summed E-state index contributed by atoms with van der Waals surface area (Å²) in [6.07, 6.45) is 0.981. The van der Waals surface area contributed by atoms with Crippen molar-refractivity contribution < 1.29 is 18.0 Å². The molecule has 3 aromatic heterocycles. The molecule has 2 aliphatic rings. The summed E-state index contributed by atoms with van der Waals surface area (Å²) in [5, 5.41) is 18.2. The Bertz CT molecular complexity index is 2180. The van der Waals surface area contributed by atoms with E-state index in [4.69, 9.17) is 5.73 Å². The van der Waals surface area contributed by atoms with E-state index >= 15 is 0 Å². The van der Waals surface area contributed by atoms with Crippen LogP contribution in [0.4, 0.5) is 18.9 Å². The molecule has 1 saturated carbocycles. The van der Waals surface area contributed by atoms with E-state index in [0.717, 1.165) is 70.0 Å². The van der Waals surface area contributed by atoms with Gasteiger partial charge in [0.25, 0.3) is 0 Å². The zero-order valence-electron chi connectivity index (χ0n) is 29.7. The molecule has 52 heavy (non-hydrogen) atoms. The Morgan fingerprint density at radius 2 is 1.96 bits per heavy atom. The van der Waals surface area contributed by atoms with Gasteiger partial charge in [0.2, 0.25) is 5.91 Å². The van der Waals surface area contributed by atoms with Gasteiger partial charge in [-0.3, -0.25) is 14.7 Å². The molecule has 1 aliphatic carbocycles. The molecule has 0 radical (unpaired) electrons. The number of halogens is 3. The Kier molecular flexibility index (Phi) is 10.7. The van der Waals surface area contributed by atoms with Crippen LogP contribution in [0.5, 0.6) is 0 Å². The highest BCUT2D eigenvalue weighted by atomic mass is 32.1. The molecule has 1 amide bonds. The molecule has 0 bridgehead atoms. The van der Waals surface area contributed by atoms with Gasteiger partial charge < -0.3 is 20.9 Å². The lowest BCUT2D eigenvalue weighted by atomic mass is 10.0. The number of alkyl halides is 3. The van der Waals surface area contributed by atoms with Crippen LogP contribution >= 0.6 is 11.3 Å². The molecule has 272 valence electrons. The van der Waals surface area contributed by atoms with Crippen molar-refractivity contribution in [2.75, 3.05) is 18.4 Å². The summed E-state index contributed by atoms with van der Waals surface area (Å²) in [7, 11) is 0. The number of benzene rings is 1. The van der Waals surface area contributed by atoms with E-state index in [-0.39, 0.29) is 34.8 Å². The molecule has 3 atom stereocenters. The lowest BCUT2D eigenvalue weighted by molar-refractivity contribution is -0.126. The van der Waals surface area contributed by atoms with Crippen LogP contribution in [-0.2, 0) is 17.8 Å². The van der Waals surface area contributed by atoms with E-state index in [2.05, 4.69) is 57.2 Å². The van der Waals surface area contributed by atoms with Crippen LogP contribution in [0.2, 0.25) is 0 Å². The van der Waals surface area contributed by atoms with Gasteiger partial charge >= 0.3 is 6.18 Å². The Balaban J connectivity index is 1.15. The van der Waals surface area contributed by atoms with Crippen LogP contribution in [0.1, 0.15) is 73.0 Å². The minimum Gasteiger partial charge on any atom is -0.367 e. The van der Waals surface area contributed by atoms with Crippen LogP contribution in [0, 0.1) is 18.3 Å². The normalized spacial score (nSPS) is 20.2. The lowest BCUT2D eigenvalue weighted by Crippen LogP contribution is -2.43. The maximum atomic E-state index is 13.2. The fraction of sp³-hybridized carbons (Fsp3) is 0.385. The van der Waals surface area contributed by atoms with Crippen LogP contribution in [0.3, 0.4) is 0 Å². The predicted molar refractivity (Wildman–Crippen MR) is 201 cm³/mol. The van der Waals surface area contributed by atoms with Gasteiger partial charge in [-0.05, 0) is 88.1 Å². The van der Waals surface area contributed by atoms with Crippen molar-refractivity contribution in [2.24, 2.45) is 10.7 Å². The molecule has 2 fully saturated rings. The number of nitriles is 1. The number of amides is 1. The predicted octanol–water partition coefficient (Wildman–Crippen LogP) is 5.77. The second-order valence-electron chi connectivity index (χ2n) is 13.7. The third kappa shape index (κ3) is 7.84. The summed E-state index contributed by atoms with van der Waals surface area (Å²) < 4.78 is 42.5. The van der Waals surface area contributed by atoms with Gasteiger partial charge in [0.15, 0.2) is 0 Å². The number of aliphatic imine (C=N–C) groups is 1. The van der Waals surface area contributed by atoms with Gasteiger partial charge in [0.1, 0.15) is 17.6 Å². The number of aromatic nitrogens is 2. The number of anilines is 1. The number of pyridine rings is 1. The Morgan fingerprint density at radius 3 is 2.58 bits per heavy atom. The van der Waals surface area contributed by atoms with Crippen molar-refractivity contribution >= 4 is 51.4 Å². The number of nitrogens with two attached hydrogens (primary N) is 1. The Labute approximate surface area is 305 Å². The number of hydrogen-bond acceptors (Lipinski definition) is 8. The van der Waals surface area contributed by atoms with Gasteiger partial charge in [-0.1, -0.05) is 18.2 Å². The topological polar surface area (TPSA) is 124 Å². The largest absolute Gasteiger partial charge is 0.393 e. The van der Waals surface area contributed by atoms with Gasteiger partial charge in [-0.25, -0.2) is 4.99 Å². The first kappa shape index (κ1) is 37.0. The molecule has 1 aliphatic heterocycles. The fourth-order valence-electron chi connectivity index (χ4n) is 7.22. The minimum atomic E-state index is -4.27. The molecule has 1 saturated heterocycles. The second-order valence-corrected chi connectivity index (χ2v) is 14.9. The average Bonchev–Trinajstić information content (AvgIpc) is 3.39. The molecule has 4 N–H and O–H groups in total. The van der Waals surface area contributed by atoms with Gasteiger partial charge in [0, 0.05) is 75.1 Å². The van der Waals surface area contributed by atoms with Gasteiger partial charge in [-0.15, -0.1) is 11.3 Å². The third-order valence-corrected chi connectivity index (χ3v) is 11.2. The molecular weight excluding hydrogens is 686 g/mol. The second kappa shape index (κ2) is 15.1. The highest BCUT2D eigenvalue weighted by Crippen LogP contribution is 2.51. The van der Waals surface area contributed by atoms with E-state index in [9.17, 15) is 23.2 Å². The van der Waals surface area contributed by atoms with Crippen molar-refractivity contribution in [3.63, 3.8) is 0 Å². The number of aryl methyl sites for hydroxylation is 1. The molecule has 3 unspecified atom stereocenters. The van der Waals surface area contributed by atoms with E-state index in [0.29, 0.717) is 17.2 Å². The van der Waals surface area contributed by atoms with Crippen molar-refractivity contribution in [2.45, 2.75) is 83.7 Å². The van der Waals surface area contributed by atoms with E-state index in [1.165, 1.54) is 23.0 Å². The van der Waals surface area contributed by atoms with Crippen molar-refractivity contribution in [1.82, 2.24) is 19.8 Å². The van der Waals surface area contributed by atoms with Crippen molar-refractivity contribution in [3.05, 3.63) is 92.4 Å². The number of nitrogens with one attached hydrogen (secondary N) is 2. The zero-order valence-corrected chi connectivity index (χ0v) is 30.5. The summed E-state index contributed by atoms with van der Waals surface area (Å²) in [4.78, 5) is 23.5. The van der Waals surface area contributed by atoms with Crippen LogP contribution in [0.25, 0.3) is 22.3 Å². The SMILES string of the molecule is C=CC(=O)Nc1ccc(C2C(N)C2n2c(C#N)cc3c(C)c(CN4CCC(NC(/N=C\C)=c5\cc(CC(F)(F)F)sc5=C(C)C)CC4)ccc32)nc1. The first-order chi connectivity index (χ1) is 24.8. The zero-order chi connectivity index (χ0) is 37.3. The average molecular weight is 729 g/mol. The highest BCUT2D eigenvalue weighted by Gasteiger charge is 2.52. The number of carbonyl (C=O) groups is 1. The van der Waals surface area contributed by atoms with E-state index < -0.39 is 12.6 Å². The van der Waals surface area contributed by atoms with Gasteiger partial charge in [-0.2, -0.15) is 18.4 Å². The molecule has 4 aromatic rings. The standard InChI is InChI=1S/C39H43F3N8OS/c1-6-33(51)47-26-9-10-31(46-20-26)34-35(44)36(34)50-27(19-43)16-29-23(5)24(8-11-32(29)50)21-49-14-12-25(13-15-49)48-38(45-7-2)30-17-28(18-39(40,41)42)52-37(30)22(3)4/h6-11,16-17,20,25,34-36,48H,1,12-15,18,21,44H2,2-5H3,(H,47,51)/b38-30+,45-7-. The van der Waals surface area contributed by atoms with Crippen LogP contribution in [-0.4, -0.2) is 57.9 Å². The molecule has 0 spiro atoms. The number of thiophene rings is 1. The maximum absolute atomic E-state index is 13.2. The summed E-state index contributed by atoms with van der Waals surface area (Å²) in [6, 6.07) is 13.6. The highest BCUT2D eigenvalue weighted by molar-refractivity contribution is 7.09. The number of rotatable bonds is 10. The molecule has 4 heterocycles. The molecular formula is C39H43F3N8OS. The number of piperidine rings is 1. The smallest absolute Gasteiger partial charge is 0.367 e. The van der Waals surface area contributed by atoms with Crippen molar-refractivity contribution in [3.8, 4) is 6.07 Å². The Morgan fingerprint density at radius 1 is 1.21 bits per heavy atom. The Hall–Kier alpha value is -4.77. The van der Waals surface area contributed by atoms with Crippen LogP contribution in [0.15, 0.2) is 60.2 Å². The first-order valence-electron chi connectivity index (χ1n) is 17.3. The third-order valence-electron chi connectivity index (χ3n) is 9.88. The minimum absolute atomic E-state index is 0.0695. The number of carbonyl (C=O) groups excluding carboxylic acids is 1. The van der Waals surface area contributed by atoms with E-state index in [1.807, 2.05) is 37.5 Å². The molecule has 13 heteroatoms. The number of fused-ring (bicyclic) bond motifs is 1. The summed E-state index contributed by atoms with van der Waals surface area (Å²) in [5.74, 6) is 0.234. The quantitative estimate of drug-likeness (QED) is 0.141. The van der Waals surface area contributed by atoms with Crippen molar-refractivity contribution in [1.29, 1.82) is 5.26 Å². The van der Waals surface area contributed by atoms with Gasteiger partial charge in [0.05, 0.1) is 24.3 Å². The molecule has 1 aromatic carbocycles. The lowest BCUT2D eigenvalue weighted by Gasteiger charge is -2.33. The first-order valence-corrected chi connectivity index (χ1v) is 18.2. The number of hydrogen-bond donors (Lipinski definition) is 3. The molecule has 9 nitrogen and oxygen atoms in total. The fourth-order valence-corrected chi connectivity index (χ4v) is 8.36. The maximum Gasteiger partial charge on any atom is 0.393 e. The summed E-state index contributed by atoms with van der Waals surface area (Å²) in [5.41, 5.74) is 12.8. The van der Waals surface area contributed by atoms with Crippen LogP contribution < -0.4 is 26.1 Å². The molecule has 6 rings (SSSR count).